The van der Waals surface area contributed by atoms with Crippen LogP contribution in [0.25, 0.3) is 10.2 Å². The van der Waals surface area contributed by atoms with Crippen molar-refractivity contribution >= 4 is 32.6 Å². The number of amides is 1. The molecule has 1 heterocycles. The fraction of sp³-hybridized carbons (Fsp3) is 0.364. The molecule has 0 saturated carbocycles. The van der Waals surface area contributed by atoms with Crippen molar-refractivity contribution in [1.29, 1.82) is 0 Å². The predicted molar refractivity (Wildman–Crippen MR) is 118 cm³/mol. The van der Waals surface area contributed by atoms with Gasteiger partial charge in [0.1, 0.15) is 22.8 Å². The van der Waals surface area contributed by atoms with E-state index in [1.165, 1.54) is 17.4 Å². The lowest BCUT2D eigenvalue weighted by molar-refractivity contribution is -0.120. The van der Waals surface area contributed by atoms with E-state index < -0.39 is 0 Å². The van der Waals surface area contributed by atoms with Crippen LogP contribution < -0.4 is 14.4 Å². The smallest absolute Gasteiger partial charge is 0.266 e. The van der Waals surface area contributed by atoms with E-state index in [0.29, 0.717) is 28.7 Å². The SMILES string of the molecule is CCOc1ccc(OCC(=O)N(CCCN(C)C)c2nc3c(F)cccc3s2)cc1. The Morgan fingerprint density at radius 2 is 1.77 bits per heavy atom. The van der Waals surface area contributed by atoms with Crippen LogP contribution >= 0.6 is 11.3 Å². The summed E-state index contributed by atoms with van der Waals surface area (Å²) < 4.78 is 25.9. The van der Waals surface area contributed by atoms with Gasteiger partial charge in [-0.05, 0) is 70.4 Å². The normalized spacial score (nSPS) is 11.1. The highest BCUT2D eigenvalue weighted by Crippen LogP contribution is 2.30. The minimum atomic E-state index is -0.388. The molecule has 8 heteroatoms. The summed E-state index contributed by atoms with van der Waals surface area (Å²) in [6.07, 6.45) is 0.764. The highest BCUT2D eigenvalue weighted by Gasteiger charge is 2.21. The van der Waals surface area contributed by atoms with Crippen LogP contribution in [-0.4, -0.2) is 56.2 Å². The molecule has 0 radical (unpaired) electrons. The number of carbonyl (C=O) groups excluding carboxylic acids is 1. The van der Waals surface area contributed by atoms with Gasteiger partial charge in [-0.25, -0.2) is 9.37 Å². The van der Waals surface area contributed by atoms with E-state index in [0.717, 1.165) is 18.7 Å². The molecule has 0 atom stereocenters. The van der Waals surface area contributed by atoms with Gasteiger partial charge in [0.2, 0.25) is 0 Å². The van der Waals surface area contributed by atoms with Gasteiger partial charge in [0.15, 0.2) is 11.7 Å². The monoisotopic (exact) mass is 431 g/mol. The molecule has 0 aliphatic rings. The van der Waals surface area contributed by atoms with Crippen LogP contribution in [0.15, 0.2) is 42.5 Å². The standard InChI is InChI=1S/C22H26FN3O3S/c1-4-28-16-9-11-17(12-10-16)29-15-20(27)26(14-6-13-25(2)3)22-24-21-18(23)7-5-8-19(21)30-22/h5,7-12H,4,6,13-15H2,1-3H3. The molecular formula is C22H26FN3O3S. The highest BCUT2D eigenvalue weighted by molar-refractivity contribution is 7.22. The molecule has 3 aromatic rings. The molecule has 0 aliphatic heterocycles. The summed E-state index contributed by atoms with van der Waals surface area (Å²) in [4.78, 5) is 21.0. The number of anilines is 1. The van der Waals surface area contributed by atoms with Crippen LogP contribution in [-0.2, 0) is 4.79 Å². The van der Waals surface area contributed by atoms with Gasteiger partial charge < -0.3 is 14.4 Å². The van der Waals surface area contributed by atoms with E-state index in [1.54, 1.807) is 41.3 Å². The molecule has 0 bridgehead atoms. The Balaban J connectivity index is 1.73. The van der Waals surface area contributed by atoms with E-state index in [2.05, 4.69) is 9.88 Å². The van der Waals surface area contributed by atoms with Crippen molar-refractivity contribution in [3.05, 3.63) is 48.3 Å². The average molecular weight is 432 g/mol. The van der Waals surface area contributed by atoms with Gasteiger partial charge >= 0.3 is 0 Å². The summed E-state index contributed by atoms with van der Waals surface area (Å²) in [7, 11) is 3.96. The minimum absolute atomic E-state index is 0.131. The van der Waals surface area contributed by atoms with Gasteiger partial charge in [0.25, 0.3) is 5.91 Å². The lowest BCUT2D eigenvalue weighted by Crippen LogP contribution is -2.36. The van der Waals surface area contributed by atoms with E-state index in [1.807, 2.05) is 21.0 Å². The third-order valence-electron chi connectivity index (χ3n) is 4.37. The van der Waals surface area contributed by atoms with E-state index >= 15 is 0 Å². The first kappa shape index (κ1) is 22.0. The highest BCUT2D eigenvalue weighted by atomic mass is 32.1. The molecule has 0 N–H and O–H groups in total. The maximum atomic E-state index is 14.1. The third kappa shape index (κ3) is 5.67. The lowest BCUT2D eigenvalue weighted by Gasteiger charge is -2.21. The second kappa shape index (κ2) is 10.4. The summed E-state index contributed by atoms with van der Waals surface area (Å²) in [6, 6.07) is 12.0. The number of nitrogens with zero attached hydrogens (tertiary/aromatic N) is 3. The van der Waals surface area contributed by atoms with Crippen LogP contribution in [0, 0.1) is 5.82 Å². The van der Waals surface area contributed by atoms with Crippen molar-refractivity contribution in [3.63, 3.8) is 0 Å². The summed E-state index contributed by atoms with van der Waals surface area (Å²) in [5.41, 5.74) is 0.287. The molecule has 1 aromatic heterocycles. The number of hydrogen-bond donors (Lipinski definition) is 0. The minimum Gasteiger partial charge on any atom is -0.494 e. The summed E-state index contributed by atoms with van der Waals surface area (Å²) in [5.74, 6) is 0.719. The largest absolute Gasteiger partial charge is 0.494 e. The Kier molecular flexibility index (Phi) is 7.59. The van der Waals surface area contributed by atoms with E-state index in [4.69, 9.17) is 9.47 Å². The predicted octanol–water partition coefficient (Wildman–Crippen LogP) is 4.20. The number of ether oxygens (including phenoxy) is 2. The third-order valence-corrected chi connectivity index (χ3v) is 5.42. The van der Waals surface area contributed by atoms with Gasteiger partial charge in [-0.2, -0.15) is 0 Å². The number of fused-ring (bicyclic) bond motifs is 1. The second-order valence-electron chi connectivity index (χ2n) is 6.98. The number of halogens is 1. The fourth-order valence-corrected chi connectivity index (χ4v) is 3.94. The average Bonchev–Trinajstić information content (AvgIpc) is 3.16. The van der Waals surface area contributed by atoms with E-state index in [9.17, 15) is 9.18 Å². The number of benzene rings is 2. The zero-order valence-electron chi connectivity index (χ0n) is 17.4. The molecule has 6 nitrogen and oxygen atoms in total. The molecule has 30 heavy (non-hydrogen) atoms. The van der Waals surface area contributed by atoms with Crippen molar-refractivity contribution in [2.24, 2.45) is 0 Å². The molecule has 0 aliphatic carbocycles. The number of hydrogen-bond acceptors (Lipinski definition) is 6. The Labute approximate surface area is 179 Å². The Hall–Kier alpha value is -2.71. The van der Waals surface area contributed by atoms with Crippen molar-refractivity contribution in [2.45, 2.75) is 13.3 Å². The Morgan fingerprint density at radius 3 is 2.40 bits per heavy atom. The maximum absolute atomic E-state index is 14.1. The van der Waals surface area contributed by atoms with Crippen molar-refractivity contribution < 1.29 is 18.7 Å². The van der Waals surface area contributed by atoms with E-state index in [-0.39, 0.29) is 23.8 Å². The van der Waals surface area contributed by atoms with Crippen molar-refractivity contribution in [2.75, 3.05) is 45.3 Å². The van der Waals surface area contributed by atoms with Crippen molar-refractivity contribution in [1.82, 2.24) is 9.88 Å². The number of para-hydroxylation sites is 1. The first-order valence-corrected chi connectivity index (χ1v) is 10.7. The molecule has 0 spiro atoms. The molecular weight excluding hydrogens is 405 g/mol. The molecule has 3 rings (SSSR count). The van der Waals surface area contributed by atoms with Crippen molar-refractivity contribution in [3.8, 4) is 11.5 Å². The summed E-state index contributed by atoms with van der Waals surface area (Å²) in [6.45, 7) is 3.67. The maximum Gasteiger partial charge on any atom is 0.266 e. The summed E-state index contributed by atoms with van der Waals surface area (Å²) >= 11 is 1.30. The van der Waals surface area contributed by atoms with Gasteiger partial charge in [-0.15, -0.1) is 0 Å². The van der Waals surface area contributed by atoms with Crippen LogP contribution in [0.5, 0.6) is 11.5 Å². The van der Waals surface area contributed by atoms with Gasteiger partial charge in [0.05, 0.1) is 11.3 Å². The number of carbonyl (C=O) groups is 1. The molecule has 0 saturated heterocycles. The molecule has 1 amide bonds. The zero-order chi connectivity index (χ0) is 21.5. The molecule has 0 fully saturated rings. The van der Waals surface area contributed by atoms with Crippen LogP contribution in [0.3, 0.4) is 0 Å². The number of aromatic nitrogens is 1. The summed E-state index contributed by atoms with van der Waals surface area (Å²) in [5, 5.41) is 0.481. The quantitative estimate of drug-likeness (QED) is 0.482. The Bertz CT molecular complexity index is 975. The topological polar surface area (TPSA) is 54.9 Å². The van der Waals surface area contributed by atoms with Crippen LogP contribution in [0.1, 0.15) is 13.3 Å². The molecule has 2 aromatic carbocycles. The van der Waals surface area contributed by atoms with Gasteiger partial charge in [0, 0.05) is 6.54 Å². The number of rotatable bonds is 10. The first-order valence-electron chi connectivity index (χ1n) is 9.83. The first-order chi connectivity index (χ1) is 14.5. The Morgan fingerprint density at radius 1 is 1.07 bits per heavy atom. The molecule has 0 unspecified atom stereocenters. The number of thiazole rings is 1. The van der Waals surface area contributed by atoms with Gasteiger partial charge in [-0.1, -0.05) is 17.4 Å². The van der Waals surface area contributed by atoms with Crippen LogP contribution in [0.4, 0.5) is 9.52 Å². The fourth-order valence-electron chi connectivity index (χ4n) is 2.91. The van der Waals surface area contributed by atoms with Crippen LogP contribution in [0.2, 0.25) is 0 Å². The second-order valence-corrected chi connectivity index (χ2v) is 7.99. The lowest BCUT2D eigenvalue weighted by atomic mass is 10.3. The van der Waals surface area contributed by atoms with Gasteiger partial charge in [-0.3, -0.25) is 9.69 Å². The molecule has 160 valence electrons. The zero-order valence-corrected chi connectivity index (χ0v) is 18.2.